The number of aliphatic hydroxyl groups is 1. The van der Waals surface area contributed by atoms with Gasteiger partial charge in [0.05, 0.1) is 25.3 Å². The van der Waals surface area contributed by atoms with E-state index in [1.165, 1.54) is 0 Å². The van der Waals surface area contributed by atoms with Crippen LogP contribution in [0.3, 0.4) is 0 Å². The third-order valence-electron chi connectivity index (χ3n) is 6.76. The van der Waals surface area contributed by atoms with Gasteiger partial charge in [0.2, 0.25) is 5.91 Å². The number of likely N-dealkylation sites (N-methyl/N-ethyl adjacent to an activating group) is 1. The summed E-state index contributed by atoms with van der Waals surface area (Å²) in [6.07, 6.45) is 0.296. The average molecular weight is 467 g/mol. The Morgan fingerprint density at radius 3 is 2.76 bits per heavy atom. The van der Waals surface area contributed by atoms with Crippen LogP contribution in [0.2, 0.25) is 0 Å². The minimum Gasteiger partial charge on any atom is -0.495 e. The van der Waals surface area contributed by atoms with E-state index in [-0.39, 0.29) is 11.8 Å². The number of fused-ring (bicyclic) bond motifs is 1. The van der Waals surface area contributed by atoms with E-state index in [0.29, 0.717) is 37.5 Å². The third-order valence-corrected chi connectivity index (χ3v) is 6.76. The van der Waals surface area contributed by atoms with Gasteiger partial charge in [-0.05, 0) is 49.2 Å². The van der Waals surface area contributed by atoms with Gasteiger partial charge < -0.3 is 25.0 Å². The fourth-order valence-electron chi connectivity index (χ4n) is 4.88. The van der Waals surface area contributed by atoms with Gasteiger partial charge in [0.25, 0.3) is 5.91 Å². The van der Waals surface area contributed by atoms with Crippen LogP contribution in [0.25, 0.3) is 0 Å². The third kappa shape index (κ3) is 5.18. The number of methoxy groups -OCH3 is 1. The summed E-state index contributed by atoms with van der Waals surface area (Å²) in [6.45, 7) is 5.73. The lowest BCUT2D eigenvalue weighted by Gasteiger charge is -2.42. The Labute approximate surface area is 201 Å². The van der Waals surface area contributed by atoms with Crippen molar-refractivity contribution in [1.29, 1.82) is 0 Å². The maximum absolute atomic E-state index is 12.5. The largest absolute Gasteiger partial charge is 0.495 e. The topological polar surface area (TPSA) is 85.3 Å². The minimum absolute atomic E-state index is 0.0359. The number of hydrogen-bond donors (Lipinski definition) is 2. The Balaban J connectivity index is 1.22. The summed E-state index contributed by atoms with van der Waals surface area (Å²) in [7, 11) is 3.44. The summed E-state index contributed by atoms with van der Waals surface area (Å²) in [5, 5.41) is 13.4. The zero-order valence-corrected chi connectivity index (χ0v) is 20.2. The van der Waals surface area contributed by atoms with Crippen molar-refractivity contribution in [1.82, 2.24) is 10.2 Å². The molecular weight excluding hydrogens is 432 g/mol. The van der Waals surface area contributed by atoms with Crippen LogP contribution in [-0.2, 0) is 11.2 Å². The summed E-state index contributed by atoms with van der Waals surface area (Å²) in [5.41, 5.74) is 3.37. The van der Waals surface area contributed by atoms with Crippen molar-refractivity contribution in [3.8, 4) is 5.75 Å². The van der Waals surface area contributed by atoms with E-state index in [4.69, 9.17) is 4.74 Å². The number of anilines is 2. The van der Waals surface area contributed by atoms with Gasteiger partial charge in [-0.3, -0.25) is 14.5 Å². The zero-order valence-electron chi connectivity index (χ0n) is 20.2. The molecule has 0 saturated carbocycles. The Morgan fingerprint density at radius 2 is 2.00 bits per heavy atom. The summed E-state index contributed by atoms with van der Waals surface area (Å²) >= 11 is 0. The highest BCUT2D eigenvalue weighted by atomic mass is 16.5. The maximum Gasteiger partial charge on any atom is 0.251 e. The summed E-state index contributed by atoms with van der Waals surface area (Å²) < 4.78 is 5.52. The van der Waals surface area contributed by atoms with E-state index in [9.17, 15) is 14.7 Å². The van der Waals surface area contributed by atoms with Crippen LogP contribution in [0.1, 0.15) is 29.3 Å². The summed E-state index contributed by atoms with van der Waals surface area (Å²) in [5.74, 6) is 0.727. The lowest BCUT2D eigenvalue weighted by molar-refractivity contribution is -0.117. The number of β-amino-alcohol motifs (C(OH)–C–C–N with tert-alkyl or cyclic N) is 1. The van der Waals surface area contributed by atoms with Gasteiger partial charge >= 0.3 is 0 Å². The number of nitrogens with one attached hydrogen (secondary N) is 1. The highest BCUT2D eigenvalue weighted by Crippen LogP contribution is 2.31. The lowest BCUT2D eigenvalue weighted by Crippen LogP contribution is -2.53. The standard InChI is InChI=1S/C26H34N4O4/c1-18-16-29(12-13-30(18)23-6-4-5-7-24(23)34-3)17-21(31)10-11-27-26(33)19-8-9-22-20(14-19)15-25(32)28(22)2/h4-9,14,18,21,31H,10-13,15-17H2,1-3H3,(H,27,33). The van der Waals surface area contributed by atoms with E-state index in [2.05, 4.69) is 28.1 Å². The van der Waals surface area contributed by atoms with Gasteiger partial charge in [-0.25, -0.2) is 0 Å². The molecule has 0 bridgehead atoms. The Kier molecular flexibility index (Phi) is 7.38. The van der Waals surface area contributed by atoms with E-state index >= 15 is 0 Å². The summed E-state index contributed by atoms with van der Waals surface area (Å²) in [4.78, 5) is 30.6. The molecule has 8 nitrogen and oxygen atoms in total. The Morgan fingerprint density at radius 1 is 1.21 bits per heavy atom. The second kappa shape index (κ2) is 10.4. The molecule has 2 aliphatic heterocycles. The van der Waals surface area contributed by atoms with Crippen molar-refractivity contribution in [2.24, 2.45) is 0 Å². The van der Waals surface area contributed by atoms with E-state index in [1.54, 1.807) is 31.2 Å². The quantitative estimate of drug-likeness (QED) is 0.618. The second-order valence-electron chi connectivity index (χ2n) is 9.15. The van der Waals surface area contributed by atoms with Crippen molar-refractivity contribution in [2.75, 3.05) is 56.7 Å². The predicted molar refractivity (Wildman–Crippen MR) is 133 cm³/mol. The molecule has 0 aliphatic carbocycles. The molecule has 34 heavy (non-hydrogen) atoms. The van der Waals surface area contributed by atoms with E-state index < -0.39 is 6.10 Å². The number of aliphatic hydroxyl groups excluding tert-OH is 1. The molecule has 2 aromatic carbocycles. The van der Waals surface area contributed by atoms with Crippen LogP contribution in [0.4, 0.5) is 11.4 Å². The van der Waals surface area contributed by atoms with E-state index in [0.717, 1.165) is 42.3 Å². The molecule has 1 saturated heterocycles. The Bertz CT molecular complexity index is 1040. The molecule has 8 heteroatoms. The molecule has 2 N–H and O–H groups in total. The van der Waals surface area contributed by atoms with Gasteiger partial charge in [-0.1, -0.05) is 12.1 Å². The van der Waals surface area contributed by atoms with Crippen LogP contribution in [0.5, 0.6) is 5.75 Å². The van der Waals surface area contributed by atoms with Crippen LogP contribution in [-0.4, -0.2) is 80.8 Å². The minimum atomic E-state index is -0.517. The zero-order chi connectivity index (χ0) is 24.2. The van der Waals surface area contributed by atoms with Gasteiger partial charge in [0.1, 0.15) is 5.75 Å². The number of rotatable bonds is 8. The number of ether oxygens (including phenoxy) is 1. The molecule has 2 heterocycles. The van der Waals surface area contributed by atoms with E-state index in [1.807, 2.05) is 24.3 Å². The average Bonchev–Trinajstić information content (AvgIpc) is 3.11. The molecular formula is C26H34N4O4. The first-order valence-electron chi connectivity index (χ1n) is 11.8. The van der Waals surface area contributed by atoms with Gasteiger partial charge in [0.15, 0.2) is 0 Å². The molecule has 2 aliphatic rings. The first-order chi connectivity index (χ1) is 16.4. The molecule has 2 unspecified atom stereocenters. The number of para-hydroxylation sites is 2. The molecule has 4 rings (SSSR count). The smallest absolute Gasteiger partial charge is 0.251 e. The van der Waals surface area contributed by atoms with Crippen LogP contribution < -0.4 is 19.9 Å². The number of carbonyl (C=O) groups excluding carboxylic acids is 2. The van der Waals surface area contributed by atoms with Crippen LogP contribution in [0, 0.1) is 0 Å². The molecule has 0 spiro atoms. The molecule has 2 aromatic rings. The van der Waals surface area contributed by atoms with Crippen molar-refractivity contribution in [3.05, 3.63) is 53.6 Å². The van der Waals surface area contributed by atoms with Crippen molar-refractivity contribution >= 4 is 23.2 Å². The lowest BCUT2D eigenvalue weighted by atomic mass is 10.1. The number of nitrogens with zero attached hydrogens (tertiary/aromatic N) is 3. The van der Waals surface area contributed by atoms with Crippen molar-refractivity contribution in [2.45, 2.75) is 31.9 Å². The summed E-state index contributed by atoms with van der Waals surface area (Å²) in [6, 6.07) is 13.7. The normalized spacial score (nSPS) is 19.2. The second-order valence-corrected chi connectivity index (χ2v) is 9.15. The highest BCUT2D eigenvalue weighted by molar-refractivity contribution is 6.03. The van der Waals surface area contributed by atoms with Gasteiger partial charge in [0, 0.05) is 57.1 Å². The molecule has 0 radical (unpaired) electrons. The molecule has 2 atom stereocenters. The molecule has 0 aromatic heterocycles. The fourth-order valence-corrected chi connectivity index (χ4v) is 4.88. The molecule has 1 fully saturated rings. The monoisotopic (exact) mass is 466 g/mol. The number of piperazine rings is 1. The predicted octanol–water partition coefficient (Wildman–Crippen LogP) is 1.91. The van der Waals surface area contributed by atoms with Crippen LogP contribution >= 0.6 is 0 Å². The number of amides is 2. The van der Waals surface area contributed by atoms with Crippen LogP contribution in [0.15, 0.2) is 42.5 Å². The number of hydrogen-bond acceptors (Lipinski definition) is 6. The van der Waals surface area contributed by atoms with Crippen molar-refractivity contribution in [3.63, 3.8) is 0 Å². The number of benzene rings is 2. The van der Waals surface area contributed by atoms with Gasteiger partial charge in [-0.15, -0.1) is 0 Å². The number of carbonyl (C=O) groups is 2. The first kappa shape index (κ1) is 24.0. The maximum atomic E-state index is 12.5. The molecule has 2 amide bonds. The van der Waals surface area contributed by atoms with Gasteiger partial charge in [-0.2, -0.15) is 0 Å². The first-order valence-corrected chi connectivity index (χ1v) is 11.8. The molecule has 182 valence electrons. The van der Waals surface area contributed by atoms with Crippen molar-refractivity contribution < 1.29 is 19.4 Å². The SMILES string of the molecule is COc1ccccc1N1CCN(CC(O)CCNC(=O)c2ccc3c(c2)CC(=O)N3C)CC1C. The highest BCUT2D eigenvalue weighted by Gasteiger charge is 2.27. The Hall–Kier alpha value is -3.10. The fraction of sp³-hybridized carbons (Fsp3) is 0.462.